The number of benzene rings is 1. The molecule has 120 valence electrons. The first-order valence-electron chi connectivity index (χ1n) is 7.14. The number of rotatable bonds is 10. The van der Waals surface area contributed by atoms with Crippen LogP contribution in [0.5, 0.6) is 0 Å². The summed E-state index contributed by atoms with van der Waals surface area (Å²) in [5, 5.41) is 20.0. The van der Waals surface area contributed by atoms with Crippen LogP contribution in [0.2, 0.25) is 0 Å². The average Bonchev–Trinajstić information content (AvgIpc) is 2.51. The van der Waals surface area contributed by atoms with E-state index in [9.17, 15) is 10.2 Å². The summed E-state index contributed by atoms with van der Waals surface area (Å²) in [6, 6.07) is 9.77. The molecular formula is C16H26O5. The lowest BCUT2D eigenvalue weighted by atomic mass is 10.0. The molecule has 5 nitrogen and oxygen atoms in total. The van der Waals surface area contributed by atoms with Crippen LogP contribution < -0.4 is 0 Å². The maximum Gasteiger partial charge on any atom is 0.159 e. The van der Waals surface area contributed by atoms with Crippen LogP contribution in [0.4, 0.5) is 0 Å². The second-order valence-electron chi connectivity index (χ2n) is 5.10. The molecule has 1 aromatic carbocycles. The summed E-state index contributed by atoms with van der Waals surface area (Å²) in [5.41, 5.74) is 1.05. The Labute approximate surface area is 126 Å². The van der Waals surface area contributed by atoms with E-state index in [4.69, 9.17) is 14.2 Å². The first-order valence-corrected chi connectivity index (χ1v) is 7.14. The lowest BCUT2D eigenvalue weighted by Gasteiger charge is -2.23. The van der Waals surface area contributed by atoms with Gasteiger partial charge in [-0.15, -0.1) is 0 Å². The quantitative estimate of drug-likeness (QED) is 0.644. The summed E-state index contributed by atoms with van der Waals surface area (Å²) in [4.78, 5) is 0. The minimum absolute atomic E-state index is 0.221. The molecule has 0 aliphatic heterocycles. The van der Waals surface area contributed by atoms with E-state index in [1.807, 2.05) is 30.3 Å². The SMILES string of the molecule is COC(C[C@@H](O)C[C@H](O)[C@H](C)OCc1ccccc1)OC. The lowest BCUT2D eigenvalue weighted by Crippen LogP contribution is -2.32. The smallest absolute Gasteiger partial charge is 0.159 e. The zero-order valence-electron chi connectivity index (χ0n) is 12.9. The number of methoxy groups -OCH3 is 2. The van der Waals surface area contributed by atoms with Gasteiger partial charge in [0.1, 0.15) is 0 Å². The van der Waals surface area contributed by atoms with Gasteiger partial charge >= 0.3 is 0 Å². The van der Waals surface area contributed by atoms with Crippen molar-refractivity contribution in [3.8, 4) is 0 Å². The van der Waals surface area contributed by atoms with Crippen LogP contribution >= 0.6 is 0 Å². The Morgan fingerprint density at radius 1 is 1.00 bits per heavy atom. The molecule has 0 unspecified atom stereocenters. The monoisotopic (exact) mass is 298 g/mol. The van der Waals surface area contributed by atoms with Crippen molar-refractivity contribution in [2.75, 3.05) is 14.2 Å². The zero-order valence-corrected chi connectivity index (χ0v) is 12.9. The Morgan fingerprint density at radius 2 is 1.62 bits per heavy atom. The van der Waals surface area contributed by atoms with Crippen molar-refractivity contribution in [2.24, 2.45) is 0 Å². The highest BCUT2D eigenvalue weighted by molar-refractivity contribution is 5.13. The molecule has 1 aromatic rings. The van der Waals surface area contributed by atoms with Gasteiger partial charge in [-0.05, 0) is 12.5 Å². The van der Waals surface area contributed by atoms with Crippen molar-refractivity contribution in [3.63, 3.8) is 0 Å². The molecule has 0 saturated heterocycles. The summed E-state index contributed by atoms with van der Waals surface area (Å²) in [5.74, 6) is 0. The Morgan fingerprint density at radius 3 is 2.19 bits per heavy atom. The summed E-state index contributed by atoms with van der Waals surface area (Å²) >= 11 is 0. The van der Waals surface area contributed by atoms with Gasteiger partial charge in [0, 0.05) is 27.1 Å². The predicted octanol–water partition coefficient (Wildman–Crippen LogP) is 1.71. The van der Waals surface area contributed by atoms with Crippen LogP contribution in [0.3, 0.4) is 0 Å². The third kappa shape index (κ3) is 7.02. The second kappa shape index (κ2) is 9.87. The number of aliphatic hydroxyl groups is 2. The molecule has 0 amide bonds. The van der Waals surface area contributed by atoms with Crippen molar-refractivity contribution in [2.45, 2.75) is 51.0 Å². The maximum atomic E-state index is 10.1. The van der Waals surface area contributed by atoms with Gasteiger partial charge in [0.2, 0.25) is 0 Å². The van der Waals surface area contributed by atoms with E-state index in [1.54, 1.807) is 6.92 Å². The molecule has 0 spiro atoms. The van der Waals surface area contributed by atoms with E-state index >= 15 is 0 Å². The molecule has 0 aliphatic carbocycles. The fourth-order valence-corrected chi connectivity index (χ4v) is 1.99. The number of aliphatic hydroxyl groups excluding tert-OH is 2. The van der Waals surface area contributed by atoms with E-state index in [-0.39, 0.29) is 12.5 Å². The predicted molar refractivity (Wildman–Crippen MR) is 79.7 cm³/mol. The highest BCUT2D eigenvalue weighted by Gasteiger charge is 2.21. The van der Waals surface area contributed by atoms with E-state index in [0.29, 0.717) is 13.0 Å². The molecule has 0 aromatic heterocycles. The summed E-state index contributed by atoms with van der Waals surface area (Å²) in [6.45, 7) is 2.23. The van der Waals surface area contributed by atoms with Gasteiger partial charge in [-0.1, -0.05) is 30.3 Å². The number of hydrogen-bond acceptors (Lipinski definition) is 5. The molecule has 2 N–H and O–H groups in total. The fraction of sp³-hybridized carbons (Fsp3) is 0.625. The van der Waals surface area contributed by atoms with Gasteiger partial charge in [-0.2, -0.15) is 0 Å². The third-order valence-electron chi connectivity index (χ3n) is 3.40. The molecule has 0 aliphatic rings. The van der Waals surface area contributed by atoms with Gasteiger partial charge in [0.25, 0.3) is 0 Å². The molecular weight excluding hydrogens is 272 g/mol. The first kappa shape index (κ1) is 18.1. The highest BCUT2D eigenvalue weighted by atomic mass is 16.7. The minimum atomic E-state index is -0.738. The Hall–Kier alpha value is -0.980. The summed E-state index contributed by atoms with van der Waals surface area (Å²) in [7, 11) is 3.03. The molecule has 0 radical (unpaired) electrons. The lowest BCUT2D eigenvalue weighted by molar-refractivity contribution is -0.129. The van der Waals surface area contributed by atoms with Gasteiger partial charge in [-0.25, -0.2) is 0 Å². The standard InChI is InChI=1S/C16H26O5/c1-12(21-11-13-7-5-4-6-8-13)15(18)9-14(17)10-16(19-2)20-3/h4-8,12,14-18H,9-11H2,1-3H3/t12-,14-,15-/m0/s1. The number of hydrogen-bond donors (Lipinski definition) is 2. The Kier molecular flexibility index (Phi) is 8.49. The summed E-state index contributed by atoms with van der Waals surface area (Å²) in [6.07, 6.45) is -1.73. The maximum absolute atomic E-state index is 10.1. The van der Waals surface area contributed by atoms with Crippen LogP contribution in [0.1, 0.15) is 25.3 Å². The molecule has 5 heteroatoms. The second-order valence-corrected chi connectivity index (χ2v) is 5.10. The van der Waals surface area contributed by atoms with Crippen molar-refractivity contribution >= 4 is 0 Å². The van der Waals surface area contributed by atoms with Crippen molar-refractivity contribution in [1.29, 1.82) is 0 Å². The molecule has 21 heavy (non-hydrogen) atoms. The van der Waals surface area contributed by atoms with Crippen LogP contribution in [-0.4, -0.2) is 49.0 Å². The van der Waals surface area contributed by atoms with Gasteiger partial charge < -0.3 is 24.4 Å². The Bertz CT molecular complexity index is 366. The molecule has 3 atom stereocenters. The van der Waals surface area contributed by atoms with Crippen LogP contribution in [-0.2, 0) is 20.8 Å². The molecule has 1 rings (SSSR count). The third-order valence-corrected chi connectivity index (χ3v) is 3.40. The number of ether oxygens (including phenoxy) is 3. The first-order chi connectivity index (χ1) is 10.1. The van der Waals surface area contributed by atoms with Crippen molar-refractivity contribution < 1.29 is 24.4 Å². The molecule has 0 saturated carbocycles. The Balaban J connectivity index is 2.31. The molecule has 0 heterocycles. The van der Waals surface area contributed by atoms with E-state index in [2.05, 4.69) is 0 Å². The minimum Gasteiger partial charge on any atom is -0.393 e. The molecule has 0 fully saturated rings. The van der Waals surface area contributed by atoms with Crippen LogP contribution in [0, 0.1) is 0 Å². The van der Waals surface area contributed by atoms with E-state index < -0.39 is 18.5 Å². The van der Waals surface area contributed by atoms with Gasteiger partial charge in [0.15, 0.2) is 6.29 Å². The van der Waals surface area contributed by atoms with E-state index in [1.165, 1.54) is 14.2 Å². The highest BCUT2D eigenvalue weighted by Crippen LogP contribution is 2.13. The largest absolute Gasteiger partial charge is 0.393 e. The van der Waals surface area contributed by atoms with Gasteiger partial charge in [-0.3, -0.25) is 0 Å². The topological polar surface area (TPSA) is 68.2 Å². The summed E-state index contributed by atoms with van der Waals surface area (Å²) < 4.78 is 15.7. The average molecular weight is 298 g/mol. The van der Waals surface area contributed by atoms with Gasteiger partial charge in [0.05, 0.1) is 24.9 Å². The van der Waals surface area contributed by atoms with Crippen molar-refractivity contribution in [1.82, 2.24) is 0 Å². The fourth-order valence-electron chi connectivity index (χ4n) is 1.99. The van der Waals surface area contributed by atoms with Crippen molar-refractivity contribution in [3.05, 3.63) is 35.9 Å². The van der Waals surface area contributed by atoms with Crippen LogP contribution in [0.15, 0.2) is 30.3 Å². The molecule has 0 bridgehead atoms. The van der Waals surface area contributed by atoms with Crippen LogP contribution in [0.25, 0.3) is 0 Å². The zero-order chi connectivity index (χ0) is 15.7. The van der Waals surface area contributed by atoms with E-state index in [0.717, 1.165) is 5.56 Å². The normalized spacial score (nSPS) is 15.9.